The average molecular weight is 466 g/mol. The first-order chi connectivity index (χ1) is 15.7. The fourth-order valence-electron chi connectivity index (χ4n) is 4.09. The average Bonchev–Trinajstić information content (AvgIpc) is 3.42. The van der Waals surface area contributed by atoms with E-state index in [0.717, 1.165) is 11.9 Å². The molecule has 0 radical (unpaired) electrons. The normalized spacial score (nSPS) is 20.6. The van der Waals surface area contributed by atoms with Gasteiger partial charge in [0.25, 0.3) is 0 Å². The van der Waals surface area contributed by atoms with Gasteiger partial charge in [0.05, 0.1) is 12.6 Å². The lowest BCUT2D eigenvalue weighted by atomic mass is 9.95. The minimum Gasteiger partial charge on any atom is -0.491 e. The van der Waals surface area contributed by atoms with Gasteiger partial charge in [0, 0.05) is 30.0 Å². The summed E-state index contributed by atoms with van der Waals surface area (Å²) in [5.41, 5.74) is 0.111. The number of hydrogen-bond acceptors (Lipinski definition) is 7. The number of carbonyl (C=O) groups is 1. The predicted molar refractivity (Wildman–Crippen MR) is 102 cm³/mol. The molecule has 1 aromatic carbocycles. The number of benzene rings is 1. The summed E-state index contributed by atoms with van der Waals surface area (Å²) < 4.78 is 65.2. The first-order valence-electron chi connectivity index (χ1n) is 10.2. The predicted octanol–water partition coefficient (Wildman–Crippen LogP) is 2.86. The number of rotatable bonds is 2. The van der Waals surface area contributed by atoms with Gasteiger partial charge in [0.15, 0.2) is 0 Å². The van der Waals surface area contributed by atoms with E-state index in [-0.39, 0.29) is 47.9 Å². The number of fused-ring (bicyclic) bond motifs is 2. The molecule has 2 aliphatic rings. The number of amides is 1. The van der Waals surface area contributed by atoms with Crippen molar-refractivity contribution in [3.63, 3.8) is 0 Å². The second-order valence-electron chi connectivity index (χ2n) is 8.11. The summed E-state index contributed by atoms with van der Waals surface area (Å²) >= 11 is 0. The highest BCUT2D eigenvalue weighted by molar-refractivity contribution is 5.80. The molecule has 3 aromatic rings. The topological polar surface area (TPSA) is 99.2 Å². The maximum absolute atomic E-state index is 15.1. The number of aromatic nitrogens is 5. The number of nitrogens with zero attached hydrogens (tertiary/aromatic N) is 6. The van der Waals surface area contributed by atoms with Gasteiger partial charge in [-0.2, -0.15) is 18.2 Å². The Hall–Kier alpha value is -3.51. The number of alkyl halides is 3. The van der Waals surface area contributed by atoms with Crippen LogP contribution in [-0.4, -0.2) is 48.4 Å². The fourth-order valence-corrected chi connectivity index (χ4v) is 4.09. The van der Waals surface area contributed by atoms with Crippen LogP contribution in [0.25, 0.3) is 11.4 Å². The molecule has 9 nitrogen and oxygen atoms in total. The molecule has 0 spiro atoms. The van der Waals surface area contributed by atoms with Crippen LogP contribution in [0.4, 0.5) is 17.6 Å². The number of aryl methyl sites for hydroxylation is 1. The third-order valence-corrected chi connectivity index (χ3v) is 5.90. The number of ether oxygens (including phenoxy) is 1. The zero-order chi connectivity index (χ0) is 23.3. The highest BCUT2D eigenvalue weighted by atomic mass is 19.4. The molecule has 2 atom stereocenters. The lowest BCUT2D eigenvalue weighted by Crippen LogP contribution is -2.44. The van der Waals surface area contributed by atoms with E-state index in [1.54, 1.807) is 18.2 Å². The number of carbonyl (C=O) groups excluding carboxylic acids is 1. The monoisotopic (exact) mass is 466 g/mol. The molecule has 174 valence electrons. The van der Waals surface area contributed by atoms with Gasteiger partial charge in [0.1, 0.15) is 30.3 Å². The van der Waals surface area contributed by atoms with Gasteiger partial charge in [-0.1, -0.05) is 5.16 Å². The van der Waals surface area contributed by atoms with E-state index in [0.29, 0.717) is 19.4 Å². The van der Waals surface area contributed by atoms with Gasteiger partial charge < -0.3 is 18.7 Å². The highest BCUT2D eigenvalue weighted by Gasteiger charge is 2.39. The number of halogens is 4. The molecule has 1 amide bonds. The minimum atomic E-state index is -4.81. The summed E-state index contributed by atoms with van der Waals surface area (Å²) in [5, 5.41) is 11.2. The van der Waals surface area contributed by atoms with Crippen LogP contribution in [-0.2, 0) is 30.5 Å². The highest BCUT2D eigenvalue weighted by Crippen LogP contribution is 2.35. The summed E-state index contributed by atoms with van der Waals surface area (Å²) in [7, 11) is 0. The zero-order valence-electron chi connectivity index (χ0n) is 17.3. The maximum atomic E-state index is 15.1. The zero-order valence-corrected chi connectivity index (χ0v) is 17.3. The van der Waals surface area contributed by atoms with E-state index in [9.17, 15) is 18.0 Å². The van der Waals surface area contributed by atoms with Crippen molar-refractivity contribution in [2.45, 2.75) is 45.1 Å². The molecular weight excluding hydrogens is 448 g/mol. The summed E-state index contributed by atoms with van der Waals surface area (Å²) in [6, 6.07) is 2.01. The number of hydrogen-bond donors (Lipinski definition) is 0. The summed E-state index contributed by atoms with van der Waals surface area (Å²) in [4.78, 5) is 18.2. The molecule has 2 aromatic heterocycles. The molecule has 4 heterocycles. The summed E-state index contributed by atoms with van der Waals surface area (Å²) in [6.07, 6.45) is -2.13. The molecule has 0 fully saturated rings. The van der Waals surface area contributed by atoms with Crippen LogP contribution >= 0.6 is 0 Å². The van der Waals surface area contributed by atoms with Crippen molar-refractivity contribution in [3.05, 3.63) is 41.6 Å². The Balaban J connectivity index is 1.41. The Labute approximate surface area is 184 Å². The van der Waals surface area contributed by atoms with Crippen LogP contribution in [0, 0.1) is 11.7 Å². The molecule has 0 aliphatic carbocycles. The second-order valence-corrected chi connectivity index (χ2v) is 8.11. The Bertz CT molecular complexity index is 1210. The van der Waals surface area contributed by atoms with Gasteiger partial charge in [0.2, 0.25) is 11.7 Å². The molecule has 33 heavy (non-hydrogen) atoms. The van der Waals surface area contributed by atoms with Gasteiger partial charge in [-0.05, 0) is 25.5 Å². The molecule has 13 heteroatoms. The van der Waals surface area contributed by atoms with Crippen LogP contribution < -0.4 is 4.74 Å². The van der Waals surface area contributed by atoms with Crippen LogP contribution in [0.5, 0.6) is 5.75 Å². The van der Waals surface area contributed by atoms with Gasteiger partial charge in [-0.15, -0.1) is 10.2 Å². The molecule has 2 aliphatic heterocycles. The smallest absolute Gasteiger partial charge is 0.471 e. The molecule has 0 unspecified atom stereocenters. The molecule has 5 rings (SSSR count). The fraction of sp³-hybridized carbons (Fsp3) is 0.450. The molecule has 0 bridgehead atoms. The third kappa shape index (κ3) is 3.91. The van der Waals surface area contributed by atoms with Crippen LogP contribution in [0.15, 0.2) is 23.0 Å². The van der Waals surface area contributed by atoms with Gasteiger partial charge in [-0.25, -0.2) is 4.39 Å². The Morgan fingerprint density at radius 3 is 2.85 bits per heavy atom. The van der Waals surface area contributed by atoms with Gasteiger partial charge >= 0.3 is 12.1 Å². The van der Waals surface area contributed by atoms with Crippen LogP contribution in [0.2, 0.25) is 0 Å². The van der Waals surface area contributed by atoms with E-state index < -0.39 is 23.7 Å². The Morgan fingerprint density at radius 2 is 2.09 bits per heavy atom. The quantitative estimate of drug-likeness (QED) is 0.536. The van der Waals surface area contributed by atoms with E-state index in [4.69, 9.17) is 4.74 Å². The Kier molecular flexibility index (Phi) is 5.05. The molecular formula is C20H18F4N6O3. The lowest BCUT2D eigenvalue weighted by Gasteiger charge is -2.32. The van der Waals surface area contributed by atoms with Crippen molar-refractivity contribution in [1.29, 1.82) is 0 Å². The summed E-state index contributed by atoms with van der Waals surface area (Å²) in [6.45, 7) is 2.47. The van der Waals surface area contributed by atoms with Crippen molar-refractivity contribution < 1.29 is 31.6 Å². The maximum Gasteiger partial charge on any atom is 0.471 e. The van der Waals surface area contributed by atoms with Crippen molar-refractivity contribution in [1.82, 2.24) is 29.8 Å². The van der Waals surface area contributed by atoms with Crippen LogP contribution in [0.3, 0.4) is 0 Å². The second kappa shape index (κ2) is 7.81. The van der Waals surface area contributed by atoms with E-state index >= 15 is 4.39 Å². The molecule has 0 N–H and O–H groups in total. The van der Waals surface area contributed by atoms with Crippen molar-refractivity contribution in [3.8, 4) is 17.1 Å². The molecule has 0 saturated carbocycles. The summed E-state index contributed by atoms with van der Waals surface area (Å²) in [5.74, 6) is -2.28. The van der Waals surface area contributed by atoms with E-state index in [1.165, 1.54) is 6.07 Å². The van der Waals surface area contributed by atoms with Crippen molar-refractivity contribution in [2.75, 3.05) is 6.61 Å². The van der Waals surface area contributed by atoms with Crippen molar-refractivity contribution in [2.24, 2.45) is 5.92 Å². The van der Waals surface area contributed by atoms with Crippen molar-refractivity contribution >= 4 is 5.91 Å². The van der Waals surface area contributed by atoms with Gasteiger partial charge in [-0.3, -0.25) is 4.79 Å². The SMILES string of the molecule is C[C@H]1COc2cc(-c3noc(C(F)(F)F)n3)cc(F)c2CN1C(=O)[C@H]1CCn2cnnc2C1. The largest absolute Gasteiger partial charge is 0.491 e. The van der Waals surface area contributed by atoms with Crippen LogP contribution in [0.1, 0.15) is 30.6 Å². The van der Waals surface area contributed by atoms with E-state index in [2.05, 4.69) is 24.9 Å². The molecule has 0 saturated heterocycles. The minimum absolute atomic E-state index is 0.0236. The first-order valence-corrected chi connectivity index (χ1v) is 10.2. The third-order valence-electron chi connectivity index (χ3n) is 5.90. The Morgan fingerprint density at radius 1 is 1.27 bits per heavy atom. The van der Waals surface area contributed by atoms with E-state index in [1.807, 2.05) is 4.57 Å². The first kappa shape index (κ1) is 21.3. The lowest BCUT2D eigenvalue weighted by molar-refractivity contribution is -0.159. The standard InChI is InChI=1S/C20H18F4N6O3/c1-10-8-32-15-5-12(17-26-19(33-28-17)20(22,23)24)4-14(21)13(15)7-30(10)18(31)11-2-3-29-9-25-27-16(29)6-11/h4-5,9-11H,2-3,6-8H2,1H3/t10-,11-/m0/s1.